The quantitative estimate of drug-likeness (QED) is 0.631. The van der Waals surface area contributed by atoms with Crippen LogP contribution in [0.25, 0.3) is 0 Å². The van der Waals surface area contributed by atoms with Gasteiger partial charge in [0.15, 0.2) is 0 Å². The molecule has 1 aromatic heterocycles. The molecular formula is C20H16ClFN2O3S. The summed E-state index contributed by atoms with van der Waals surface area (Å²) >= 11 is 7.03. The number of ether oxygens (including phenoxy) is 1. The van der Waals surface area contributed by atoms with Gasteiger partial charge >= 0.3 is 4.87 Å². The Morgan fingerprint density at radius 2 is 1.89 bits per heavy atom. The molecule has 0 aliphatic carbocycles. The molecule has 28 heavy (non-hydrogen) atoms. The van der Waals surface area contributed by atoms with Crippen molar-refractivity contribution in [1.29, 1.82) is 0 Å². The number of fused-ring (bicyclic) bond motifs is 1. The number of thiazole rings is 1. The first-order chi connectivity index (χ1) is 13.4. The van der Waals surface area contributed by atoms with Crippen molar-refractivity contribution in [3.8, 4) is 5.75 Å². The molecule has 0 saturated carbocycles. The van der Waals surface area contributed by atoms with Gasteiger partial charge in [0, 0.05) is 19.4 Å². The molecule has 8 heteroatoms. The molecule has 0 spiro atoms. The van der Waals surface area contributed by atoms with Crippen LogP contribution in [0.15, 0.2) is 47.3 Å². The van der Waals surface area contributed by atoms with Crippen molar-refractivity contribution in [2.24, 2.45) is 7.05 Å². The van der Waals surface area contributed by atoms with Gasteiger partial charge in [-0.3, -0.25) is 19.1 Å². The van der Waals surface area contributed by atoms with Gasteiger partial charge in [0.05, 0.1) is 22.7 Å². The fourth-order valence-corrected chi connectivity index (χ4v) is 4.69. The van der Waals surface area contributed by atoms with Crippen LogP contribution >= 0.6 is 22.9 Å². The molecule has 0 saturated heterocycles. The molecule has 1 amide bonds. The van der Waals surface area contributed by atoms with Gasteiger partial charge in [0.2, 0.25) is 5.91 Å². The Kier molecular flexibility index (Phi) is 4.72. The van der Waals surface area contributed by atoms with E-state index in [1.165, 1.54) is 27.7 Å². The van der Waals surface area contributed by atoms with Gasteiger partial charge < -0.3 is 4.74 Å². The van der Waals surface area contributed by atoms with E-state index in [0.717, 1.165) is 27.5 Å². The third-order valence-electron chi connectivity index (χ3n) is 4.85. The number of carbonyl (C=O) groups is 1. The van der Waals surface area contributed by atoms with E-state index in [1.807, 2.05) is 24.3 Å². The van der Waals surface area contributed by atoms with Crippen LogP contribution in [-0.4, -0.2) is 17.6 Å². The molecule has 0 N–H and O–H groups in total. The number of hydrogen-bond donors (Lipinski definition) is 0. The van der Waals surface area contributed by atoms with Crippen LogP contribution in [0.3, 0.4) is 0 Å². The second kappa shape index (κ2) is 7.07. The predicted molar refractivity (Wildman–Crippen MR) is 108 cm³/mol. The third kappa shape index (κ3) is 3.00. The molecule has 0 radical (unpaired) electrons. The van der Waals surface area contributed by atoms with Crippen molar-refractivity contribution in [3.63, 3.8) is 0 Å². The van der Waals surface area contributed by atoms with E-state index in [4.69, 9.17) is 16.3 Å². The number of carbonyl (C=O) groups excluding carboxylic acids is 1. The van der Waals surface area contributed by atoms with Gasteiger partial charge in [-0.25, -0.2) is 4.39 Å². The zero-order valence-electron chi connectivity index (χ0n) is 15.1. The normalized spacial score (nSPS) is 16.2. The lowest BCUT2D eigenvalue weighted by molar-refractivity contribution is -0.118. The maximum Gasteiger partial charge on any atom is 0.308 e. The molecule has 4 rings (SSSR count). The monoisotopic (exact) mass is 418 g/mol. The lowest BCUT2D eigenvalue weighted by atomic mass is 9.90. The summed E-state index contributed by atoms with van der Waals surface area (Å²) in [6.45, 7) is 0. The summed E-state index contributed by atoms with van der Waals surface area (Å²) in [5.74, 6) is 0.221. The van der Waals surface area contributed by atoms with Crippen molar-refractivity contribution < 1.29 is 13.9 Å². The SMILES string of the molecule is COc1ccc(C2CC(=O)N(c3ccc(F)c(Cl)c3)c3c2sc(=O)n3C)cc1. The van der Waals surface area contributed by atoms with E-state index in [9.17, 15) is 14.0 Å². The van der Waals surface area contributed by atoms with Gasteiger partial charge in [-0.2, -0.15) is 0 Å². The van der Waals surface area contributed by atoms with Crippen LogP contribution in [0.2, 0.25) is 5.02 Å². The Morgan fingerprint density at radius 1 is 1.18 bits per heavy atom. The second-order valence-electron chi connectivity index (χ2n) is 6.47. The van der Waals surface area contributed by atoms with Crippen LogP contribution in [0, 0.1) is 5.82 Å². The summed E-state index contributed by atoms with van der Waals surface area (Å²) < 4.78 is 20.2. The van der Waals surface area contributed by atoms with E-state index in [1.54, 1.807) is 14.2 Å². The van der Waals surface area contributed by atoms with E-state index in [0.29, 0.717) is 11.5 Å². The molecule has 2 heterocycles. The standard InChI is InChI=1S/C20H16ClFN2O3S/c1-23-19-18(28-20(23)26)14(11-3-6-13(27-2)7-4-11)10-17(25)24(19)12-5-8-16(22)15(21)9-12/h3-9,14H,10H2,1-2H3. The van der Waals surface area contributed by atoms with E-state index in [-0.39, 0.29) is 28.1 Å². The first-order valence-electron chi connectivity index (χ1n) is 8.52. The number of aromatic nitrogens is 1. The van der Waals surface area contributed by atoms with E-state index < -0.39 is 5.82 Å². The smallest absolute Gasteiger partial charge is 0.308 e. The van der Waals surface area contributed by atoms with Crippen LogP contribution in [0.4, 0.5) is 15.9 Å². The Bertz CT molecular complexity index is 1120. The Labute approximate surface area is 169 Å². The highest BCUT2D eigenvalue weighted by Crippen LogP contribution is 2.45. The number of benzene rings is 2. The largest absolute Gasteiger partial charge is 0.497 e. The predicted octanol–water partition coefficient (Wildman–Crippen LogP) is 4.45. The molecular weight excluding hydrogens is 403 g/mol. The first-order valence-corrected chi connectivity index (χ1v) is 9.72. The van der Waals surface area contributed by atoms with Crippen LogP contribution in [-0.2, 0) is 11.8 Å². The zero-order valence-corrected chi connectivity index (χ0v) is 16.7. The Balaban J connectivity index is 1.86. The lowest BCUT2D eigenvalue weighted by Gasteiger charge is -2.32. The molecule has 1 aliphatic heterocycles. The topological polar surface area (TPSA) is 51.5 Å². The fourth-order valence-electron chi connectivity index (χ4n) is 3.42. The van der Waals surface area contributed by atoms with Crippen LogP contribution in [0.5, 0.6) is 5.75 Å². The van der Waals surface area contributed by atoms with Gasteiger partial charge in [0.25, 0.3) is 0 Å². The maximum atomic E-state index is 13.6. The zero-order chi connectivity index (χ0) is 20.0. The molecule has 2 aromatic carbocycles. The van der Waals surface area contributed by atoms with Gasteiger partial charge in [-0.1, -0.05) is 35.1 Å². The average Bonchev–Trinajstić information content (AvgIpc) is 2.98. The summed E-state index contributed by atoms with van der Waals surface area (Å²) in [5, 5.41) is -0.0793. The number of rotatable bonds is 3. The highest BCUT2D eigenvalue weighted by molar-refractivity contribution is 7.10. The summed E-state index contributed by atoms with van der Waals surface area (Å²) in [6, 6.07) is 11.6. The van der Waals surface area contributed by atoms with Crippen molar-refractivity contribution in [3.05, 3.63) is 73.4 Å². The fraction of sp³-hybridized carbons (Fsp3) is 0.200. The number of hydrogen-bond acceptors (Lipinski definition) is 4. The lowest BCUT2D eigenvalue weighted by Crippen LogP contribution is -2.34. The number of amides is 1. The minimum absolute atomic E-state index is 0.0793. The van der Waals surface area contributed by atoms with E-state index in [2.05, 4.69) is 0 Å². The molecule has 1 atom stereocenters. The highest BCUT2D eigenvalue weighted by Gasteiger charge is 2.37. The van der Waals surface area contributed by atoms with Crippen molar-refractivity contribution in [2.45, 2.75) is 12.3 Å². The number of nitrogens with zero attached hydrogens (tertiary/aromatic N) is 2. The molecule has 144 valence electrons. The highest BCUT2D eigenvalue weighted by atomic mass is 35.5. The summed E-state index contributed by atoms with van der Waals surface area (Å²) in [4.78, 5) is 27.6. The molecule has 0 bridgehead atoms. The first kappa shape index (κ1) is 18.7. The second-order valence-corrected chi connectivity index (χ2v) is 7.87. The van der Waals surface area contributed by atoms with Crippen LogP contribution < -0.4 is 14.5 Å². The molecule has 1 unspecified atom stereocenters. The van der Waals surface area contributed by atoms with Crippen molar-refractivity contribution in [1.82, 2.24) is 4.57 Å². The average molecular weight is 419 g/mol. The summed E-state index contributed by atoms with van der Waals surface area (Å²) in [5.41, 5.74) is 1.35. The number of anilines is 2. The molecule has 3 aromatic rings. The number of halogens is 2. The van der Waals surface area contributed by atoms with Crippen molar-refractivity contribution >= 4 is 40.4 Å². The van der Waals surface area contributed by atoms with Gasteiger partial charge in [-0.05, 0) is 35.9 Å². The minimum Gasteiger partial charge on any atom is -0.497 e. The minimum atomic E-state index is -0.564. The maximum absolute atomic E-state index is 13.6. The van der Waals surface area contributed by atoms with Gasteiger partial charge in [0.1, 0.15) is 17.4 Å². The van der Waals surface area contributed by atoms with Crippen LogP contribution in [0.1, 0.15) is 22.8 Å². The molecule has 1 aliphatic rings. The number of methoxy groups -OCH3 is 1. The Morgan fingerprint density at radius 3 is 2.54 bits per heavy atom. The molecule has 5 nitrogen and oxygen atoms in total. The van der Waals surface area contributed by atoms with E-state index >= 15 is 0 Å². The van der Waals surface area contributed by atoms with Gasteiger partial charge in [-0.15, -0.1) is 0 Å². The summed E-state index contributed by atoms with van der Waals surface area (Å²) in [6.07, 6.45) is 0.189. The van der Waals surface area contributed by atoms with Crippen molar-refractivity contribution in [2.75, 3.05) is 12.0 Å². The summed E-state index contributed by atoms with van der Waals surface area (Å²) in [7, 11) is 3.21. The Hall–Kier alpha value is -2.64. The molecule has 0 fully saturated rings. The third-order valence-corrected chi connectivity index (χ3v) is 6.27.